The molecule has 0 aliphatic carbocycles. The van der Waals surface area contributed by atoms with Crippen molar-refractivity contribution >= 4 is 5.91 Å². The number of carbonyl (C=O) groups is 1. The van der Waals surface area contributed by atoms with E-state index in [1.54, 1.807) is 12.1 Å². The third-order valence-electron chi connectivity index (χ3n) is 3.42. The van der Waals surface area contributed by atoms with E-state index in [4.69, 9.17) is 15.2 Å². The Kier molecular flexibility index (Phi) is 7.89. The first-order valence-corrected chi connectivity index (χ1v) is 8.25. The molecule has 5 nitrogen and oxygen atoms in total. The Bertz CT molecular complexity index is 474. The van der Waals surface area contributed by atoms with Gasteiger partial charge in [0.15, 0.2) is 6.61 Å². The van der Waals surface area contributed by atoms with Crippen LogP contribution in [0, 0.1) is 5.92 Å². The summed E-state index contributed by atoms with van der Waals surface area (Å²) in [6.45, 7) is 9.31. The topological polar surface area (TPSA) is 73.6 Å². The predicted molar refractivity (Wildman–Crippen MR) is 92.8 cm³/mol. The van der Waals surface area contributed by atoms with Gasteiger partial charge in [0.05, 0.1) is 6.61 Å². The molecule has 0 saturated heterocycles. The zero-order chi connectivity index (χ0) is 17.3. The van der Waals surface area contributed by atoms with E-state index >= 15 is 0 Å². The zero-order valence-corrected chi connectivity index (χ0v) is 14.7. The predicted octanol–water partition coefficient (Wildman–Crippen LogP) is 2.73. The highest BCUT2D eigenvalue weighted by Gasteiger charge is 2.25. The van der Waals surface area contributed by atoms with Gasteiger partial charge < -0.3 is 20.5 Å². The van der Waals surface area contributed by atoms with Gasteiger partial charge in [-0.3, -0.25) is 4.79 Å². The molecule has 0 heterocycles. The van der Waals surface area contributed by atoms with Crippen molar-refractivity contribution in [3.05, 3.63) is 24.3 Å². The molecule has 0 aliphatic rings. The lowest BCUT2D eigenvalue weighted by molar-refractivity contribution is -0.125. The van der Waals surface area contributed by atoms with Crippen molar-refractivity contribution < 1.29 is 14.3 Å². The van der Waals surface area contributed by atoms with E-state index in [-0.39, 0.29) is 12.5 Å². The van der Waals surface area contributed by atoms with Gasteiger partial charge in [0.2, 0.25) is 0 Å². The summed E-state index contributed by atoms with van der Waals surface area (Å²) < 4.78 is 11.0. The number of hydrogen-bond donors (Lipinski definition) is 2. The van der Waals surface area contributed by atoms with Gasteiger partial charge in [-0.15, -0.1) is 0 Å². The molecule has 5 heteroatoms. The standard InChI is InChI=1S/C18H30N2O3/c1-5-10-22-15-6-8-16(9-7-15)23-12-17(21)20-18(4,13-19)11-14(2)3/h6-9,14H,5,10-13,19H2,1-4H3,(H,20,21). The Morgan fingerprint density at radius 2 is 1.78 bits per heavy atom. The van der Waals surface area contributed by atoms with E-state index in [9.17, 15) is 4.79 Å². The van der Waals surface area contributed by atoms with Crippen LogP contribution in [0.25, 0.3) is 0 Å². The fourth-order valence-electron chi connectivity index (χ4n) is 2.46. The van der Waals surface area contributed by atoms with Gasteiger partial charge in [-0.05, 0) is 49.9 Å². The fraction of sp³-hybridized carbons (Fsp3) is 0.611. The molecule has 1 rings (SSSR count). The van der Waals surface area contributed by atoms with E-state index in [1.807, 2.05) is 19.1 Å². The average molecular weight is 322 g/mol. The summed E-state index contributed by atoms with van der Waals surface area (Å²) in [7, 11) is 0. The summed E-state index contributed by atoms with van der Waals surface area (Å²) in [5.41, 5.74) is 5.40. The fourth-order valence-corrected chi connectivity index (χ4v) is 2.46. The molecule has 3 N–H and O–H groups in total. The minimum atomic E-state index is -0.396. The van der Waals surface area contributed by atoms with Crippen LogP contribution in [0.5, 0.6) is 11.5 Å². The van der Waals surface area contributed by atoms with Crippen molar-refractivity contribution in [3.8, 4) is 11.5 Å². The minimum Gasteiger partial charge on any atom is -0.494 e. The molecular weight excluding hydrogens is 292 g/mol. The van der Waals surface area contributed by atoms with Gasteiger partial charge in [-0.1, -0.05) is 20.8 Å². The summed E-state index contributed by atoms with van der Waals surface area (Å²) in [6.07, 6.45) is 1.80. The molecule has 0 bridgehead atoms. The Morgan fingerprint density at radius 1 is 1.22 bits per heavy atom. The molecule has 0 fully saturated rings. The van der Waals surface area contributed by atoms with Crippen molar-refractivity contribution in [3.63, 3.8) is 0 Å². The highest BCUT2D eigenvalue weighted by molar-refractivity contribution is 5.78. The normalized spacial score (nSPS) is 13.5. The second kappa shape index (κ2) is 9.40. The Morgan fingerprint density at radius 3 is 2.26 bits per heavy atom. The highest BCUT2D eigenvalue weighted by Crippen LogP contribution is 2.18. The molecule has 1 unspecified atom stereocenters. The number of carbonyl (C=O) groups excluding carboxylic acids is 1. The summed E-state index contributed by atoms with van der Waals surface area (Å²) in [4.78, 5) is 12.1. The van der Waals surface area contributed by atoms with E-state index in [0.717, 1.165) is 18.6 Å². The number of nitrogens with one attached hydrogen (secondary N) is 1. The Labute approximate surface area is 139 Å². The van der Waals surface area contributed by atoms with Crippen LogP contribution in [-0.2, 0) is 4.79 Å². The summed E-state index contributed by atoms with van der Waals surface area (Å²) >= 11 is 0. The van der Waals surface area contributed by atoms with E-state index < -0.39 is 5.54 Å². The molecular formula is C18H30N2O3. The second-order valence-electron chi connectivity index (χ2n) is 6.52. The number of nitrogens with two attached hydrogens (primary N) is 1. The van der Waals surface area contributed by atoms with Gasteiger partial charge in [0.25, 0.3) is 5.91 Å². The van der Waals surface area contributed by atoms with Crippen molar-refractivity contribution in [1.29, 1.82) is 0 Å². The molecule has 1 amide bonds. The lowest BCUT2D eigenvalue weighted by Gasteiger charge is -2.31. The van der Waals surface area contributed by atoms with Crippen LogP contribution < -0.4 is 20.5 Å². The highest BCUT2D eigenvalue weighted by atomic mass is 16.5. The quantitative estimate of drug-likeness (QED) is 0.694. The summed E-state index contributed by atoms with van der Waals surface area (Å²) in [5.74, 6) is 1.74. The average Bonchev–Trinajstić information content (AvgIpc) is 2.51. The van der Waals surface area contributed by atoms with Crippen LogP contribution in [0.15, 0.2) is 24.3 Å². The minimum absolute atomic E-state index is 0.0250. The number of amides is 1. The Hall–Kier alpha value is -1.75. The largest absolute Gasteiger partial charge is 0.494 e. The number of benzene rings is 1. The first kappa shape index (κ1) is 19.3. The lowest BCUT2D eigenvalue weighted by Crippen LogP contribution is -2.53. The number of ether oxygens (including phenoxy) is 2. The van der Waals surface area contributed by atoms with Gasteiger partial charge in [0.1, 0.15) is 11.5 Å². The van der Waals surface area contributed by atoms with Gasteiger partial charge in [-0.2, -0.15) is 0 Å². The molecule has 1 atom stereocenters. The Balaban J connectivity index is 2.46. The first-order chi connectivity index (χ1) is 10.9. The van der Waals surface area contributed by atoms with Gasteiger partial charge >= 0.3 is 0 Å². The van der Waals surface area contributed by atoms with Crippen LogP contribution in [0.4, 0.5) is 0 Å². The summed E-state index contributed by atoms with van der Waals surface area (Å²) in [5, 5.41) is 2.97. The third kappa shape index (κ3) is 7.37. The van der Waals surface area contributed by atoms with Crippen LogP contribution in [-0.4, -0.2) is 31.2 Å². The van der Waals surface area contributed by atoms with Crippen molar-refractivity contribution in [2.75, 3.05) is 19.8 Å². The van der Waals surface area contributed by atoms with E-state index in [0.29, 0.717) is 24.8 Å². The number of rotatable bonds is 10. The van der Waals surface area contributed by atoms with E-state index in [1.165, 1.54) is 0 Å². The molecule has 0 aromatic heterocycles. The molecule has 130 valence electrons. The maximum absolute atomic E-state index is 12.1. The first-order valence-electron chi connectivity index (χ1n) is 8.25. The molecule has 0 spiro atoms. The molecule has 1 aromatic rings. The zero-order valence-electron chi connectivity index (χ0n) is 14.7. The second-order valence-corrected chi connectivity index (χ2v) is 6.52. The van der Waals surface area contributed by atoms with E-state index in [2.05, 4.69) is 26.1 Å². The van der Waals surface area contributed by atoms with Gasteiger partial charge in [-0.25, -0.2) is 0 Å². The SMILES string of the molecule is CCCOc1ccc(OCC(=O)NC(C)(CN)CC(C)C)cc1. The lowest BCUT2D eigenvalue weighted by atomic mass is 9.91. The van der Waals surface area contributed by atoms with Crippen molar-refractivity contribution in [2.45, 2.75) is 46.1 Å². The van der Waals surface area contributed by atoms with Gasteiger partial charge in [0, 0.05) is 12.1 Å². The number of hydrogen-bond acceptors (Lipinski definition) is 4. The smallest absolute Gasteiger partial charge is 0.258 e. The third-order valence-corrected chi connectivity index (χ3v) is 3.42. The molecule has 0 saturated carbocycles. The summed E-state index contributed by atoms with van der Waals surface area (Å²) in [6, 6.07) is 7.28. The van der Waals surface area contributed by atoms with Crippen molar-refractivity contribution in [2.24, 2.45) is 11.7 Å². The van der Waals surface area contributed by atoms with Crippen LogP contribution in [0.3, 0.4) is 0 Å². The maximum atomic E-state index is 12.1. The van der Waals surface area contributed by atoms with Crippen LogP contribution in [0.2, 0.25) is 0 Å². The monoisotopic (exact) mass is 322 g/mol. The molecule has 23 heavy (non-hydrogen) atoms. The van der Waals surface area contributed by atoms with Crippen LogP contribution >= 0.6 is 0 Å². The molecule has 0 aliphatic heterocycles. The van der Waals surface area contributed by atoms with Crippen molar-refractivity contribution in [1.82, 2.24) is 5.32 Å². The van der Waals surface area contributed by atoms with Crippen LogP contribution in [0.1, 0.15) is 40.5 Å². The maximum Gasteiger partial charge on any atom is 0.258 e. The molecule has 0 radical (unpaired) electrons. The molecule has 1 aromatic carbocycles.